The van der Waals surface area contributed by atoms with Crippen LogP contribution in [-0.2, 0) is 11.3 Å². The van der Waals surface area contributed by atoms with Crippen molar-refractivity contribution in [3.63, 3.8) is 0 Å². The van der Waals surface area contributed by atoms with Crippen molar-refractivity contribution in [3.8, 4) is 11.3 Å². The lowest BCUT2D eigenvalue weighted by molar-refractivity contribution is -0.117. The van der Waals surface area contributed by atoms with E-state index in [1.54, 1.807) is 48.0 Å². The van der Waals surface area contributed by atoms with E-state index in [-0.39, 0.29) is 12.1 Å². The predicted octanol–water partition coefficient (Wildman–Crippen LogP) is 4.47. The summed E-state index contributed by atoms with van der Waals surface area (Å²) in [6.07, 6.45) is 1.56. The lowest BCUT2D eigenvalue weighted by atomic mass is 10.2. The fraction of sp³-hybridized carbons (Fsp3) is 0.0526. The van der Waals surface area contributed by atoms with Gasteiger partial charge in [-0.15, -0.1) is 11.3 Å². The van der Waals surface area contributed by atoms with Crippen molar-refractivity contribution in [1.82, 2.24) is 14.8 Å². The first-order valence-electron chi connectivity index (χ1n) is 8.17. The highest BCUT2D eigenvalue weighted by Gasteiger charge is 2.13. The van der Waals surface area contributed by atoms with Crippen molar-refractivity contribution in [2.45, 2.75) is 6.54 Å². The third-order valence-corrected chi connectivity index (χ3v) is 5.32. The molecular weight excluding hydrogens is 419 g/mol. The Balaban J connectivity index is 1.51. The highest BCUT2D eigenvalue weighted by atomic mass is 35.5. The molecule has 0 saturated heterocycles. The lowest BCUT2D eigenvalue weighted by Crippen LogP contribution is -2.29. The van der Waals surface area contributed by atoms with Gasteiger partial charge in [0.05, 0.1) is 22.3 Å². The first kappa shape index (κ1) is 18.6. The number of carbonyl (C=O) groups excluding carboxylic acids is 1. The Kier molecular flexibility index (Phi) is 5.13. The number of hydrogen-bond acceptors (Lipinski definition) is 5. The molecule has 0 radical (unpaired) electrons. The monoisotopic (exact) mass is 430 g/mol. The maximum Gasteiger partial charge on any atom is 0.275 e. The van der Waals surface area contributed by atoms with Gasteiger partial charge >= 0.3 is 0 Å². The van der Waals surface area contributed by atoms with E-state index < -0.39 is 5.91 Å². The Bertz CT molecular complexity index is 1250. The van der Waals surface area contributed by atoms with Crippen LogP contribution < -0.4 is 10.9 Å². The number of aromatic nitrogens is 3. The average Bonchev–Trinajstić information content (AvgIpc) is 3.12. The van der Waals surface area contributed by atoms with Crippen LogP contribution in [0, 0.1) is 0 Å². The van der Waals surface area contributed by atoms with Crippen LogP contribution in [0.3, 0.4) is 0 Å². The number of carbonyl (C=O) groups is 1. The molecule has 2 aromatic heterocycles. The summed E-state index contributed by atoms with van der Waals surface area (Å²) in [6, 6.07) is 12.2. The molecule has 4 aromatic rings. The van der Waals surface area contributed by atoms with Crippen LogP contribution >= 0.6 is 34.5 Å². The van der Waals surface area contributed by atoms with Gasteiger partial charge in [0.2, 0.25) is 5.91 Å². The van der Waals surface area contributed by atoms with Crippen LogP contribution in [0.2, 0.25) is 10.0 Å². The van der Waals surface area contributed by atoms with Crippen LogP contribution in [-0.4, -0.2) is 20.7 Å². The van der Waals surface area contributed by atoms with Crippen molar-refractivity contribution < 1.29 is 4.79 Å². The van der Waals surface area contributed by atoms with Gasteiger partial charge in [0.15, 0.2) is 5.13 Å². The molecular formula is C19H12Cl2N4O2S. The lowest BCUT2D eigenvalue weighted by Gasteiger charge is -2.05. The standard InChI is InChI=1S/C19H12Cl2N4O2S/c20-12-5-6-14(15(21)7-12)16-10-28-19(23-16)24-17(26)9-25-18(27)13-4-2-1-3-11(13)8-22-25/h1-8,10H,9H2,(H,23,24,26). The van der Waals surface area contributed by atoms with E-state index in [1.807, 2.05) is 6.07 Å². The van der Waals surface area contributed by atoms with Gasteiger partial charge < -0.3 is 5.32 Å². The summed E-state index contributed by atoms with van der Waals surface area (Å²) in [5.74, 6) is -0.395. The van der Waals surface area contributed by atoms with Gasteiger partial charge in [-0.2, -0.15) is 5.10 Å². The normalized spacial score (nSPS) is 10.9. The predicted molar refractivity (Wildman–Crippen MR) is 112 cm³/mol. The summed E-state index contributed by atoms with van der Waals surface area (Å²) in [6.45, 7) is -0.208. The quantitative estimate of drug-likeness (QED) is 0.518. The maximum absolute atomic E-state index is 12.5. The molecule has 2 aromatic carbocycles. The fourth-order valence-corrected chi connectivity index (χ4v) is 3.92. The summed E-state index contributed by atoms with van der Waals surface area (Å²) in [4.78, 5) is 29.2. The molecule has 0 saturated carbocycles. The Morgan fingerprint density at radius 2 is 2.00 bits per heavy atom. The number of rotatable bonds is 4. The van der Waals surface area contributed by atoms with E-state index in [9.17, 15) is 9.59 Å². The number of nitrogens with zero attached hydrogens (tertiary/aromatic N) is 3. The van der Waals surface area contributed by atoms with E-state index in [1.165, 1.54) is 11.3 Å². The molecule has 140 valence electrons. The second-order valence-corrected chi connectivity index (χ2v) is 7.61. The maximum atomic E-state index is 12.5. The van der Waals surface area contributed by atoms with Crippen LogP contribution in [0.1, 0.15) is 0 Å². The highest BCUT2D eigenvalue weighted by molar-refractivity contribution is 7.14. The number of hydrogen-bond donors (Lipinski definition) is 1. The van der Waals surface area contributed by atoms with Gasteiger partial charge in [-0.1, -0.05) is 41.4 Å². The first-order chi connectivity index (χ1) is 13.5. The zero-order valence-corrected chi connectivity index (χ0v) is 16.6. The summed E-state index contributed by atoms with van der Waals surface area (Å²) >= 11 is 13.4. The molecule has 0 atom stereocenters. The fourth-order valence-electron chi connectivity index (χ4n) is 2.69. The smallest absolute Gasteiger partial charge is 0.275 e. The third-order valence-electron chi connectivity index (χ3n) is 4.01. The number of amides is 1. The van der Waals surface area contributed by atoms with Crippen LogP contribution in [0.25, 0.3) is 22.0 Å². The van der Waals surface area contributed by atoms with E-state index in [2.05, 4.69) is 15.4 Å². The number of thiazole rings is 1. The molecule has 9 heteroatoms. The second kappa shape index (κ2) is 7.71. The summed E-state index contributed by atoms with van der Waals surface area (Å²) in [5.41, 5.74) is 1.03. The molecule has 2 heterocycles. The average molecular weight is 431 g/mol. The van der Waals surface area contributed by atoms with Crippen molar-refractivity contribution in [2.24, 2.45) is 0 Å². The van der Waals surface area contributed by atoms with Gasteiger partial charge in [-0.05, 0) is 24.3 Å². The van der Waals surface area contributed by atoms with Crippen LogP contribution in [0.5, 0.6) is 0 Å². The van der Waals surface area contributed by atoms with Crippen molar-refractivity contribution in [2.75, 3.05) is 5.32 Å². The molecule has 0 spiro atoms. The minimum Gasteiger partial charge on any atom is -0.300 e. The number of nitrogens with one attached hydrogen (secondary N) is 1. The molecule has 4 rings (SSSR count). The molecule has 0 aliphatic rings. The molecule has 0 aliphatic heterocycles. The molecule has 1 N–H and O–H groups in total. The Morgan fingerprint density at radius 3 is 2.82 bits per heavy atom. The molecule has 28 heavy (non-hydrogen) atoms. The van der Waals surface area contributed by atoms with Crippen molar-refractivity contribution >= 4 is 56.3 Å². The second-order valence-electron chi connectivity index (χ2n) is 5.90. The van der Waals surface area contributed by atoms with Gasteiger partial charge in [0.25, 0.3) is 5.56 Å². The number of fused-ring (bicyclic) bond motifs is 1. The Hall–Kier alpha value is -2.74. The van der Waals surface area contributed by atoms with Gasteiger partial charge in [-0.25, -0.2) is 9.67 Å². The van der Waals surface area contributed by atoms with E-state index in [0.29, 0.717) is 26.3 Å². The summed E-state index contributed by atoms with van der Waals surface area (Å²) in [7, 11) is 0. The van der Waals surface area contributed by atoms with Crippen molar-refractivity contribution in [1.29, 1.82) is 0 Å². The third kappa shape index (κ3) is 3.77. The zero-order valence-electron chi connectivity index (χ0n) is 14.2. The van der Waals surface area contributed by atoms with Crippen LogP contribution in [0.4, 0.5) is 5.13 Å². The minimum atomic E-state index is -0.395. The Labute approximate surface area is 173 Å². The SMILES string of the molecule is O=C(Cn1ncc2ccccc2c1=O)Nc1nc(-c2ccc(Cl)cc2Cl)cs1. The molecule has 0 aliphatic carbocycles. The van der Waals surface area contributed by atoms with Crippen LogP contribution in [0.15, 0.2) is 58.8 Å². The molecule has 0 bridgehead atoms. The molecule has 0 fully saturated rings. The van der Waals surface area contributed by atoms with E-state index >= 15 is 0 Å². The van der Waals surface area contributed by atoms with E-state index in [0.717, 1.165) is 15.6 Å². The number of benzene rings is 2. The molecule has 6 nitrogen and oxygen atoms in total. The molecule has 1 amide bonds. The summed E-state index contributed by atoms with van der Waals surface area (Å²) < 4.78 is 1.13. The van der Waals surface area contributed by atoms with Gasteiger partial charge in [0.1, 0.15) is 6.54 Å². The molecule has 0 unspecified atom stereocenters. The zero-order chi connectivity index (χ0) is 19.7. The largest absolute Gasteiger partial charge is 0.300 e. The van der Waals surface area contributed by atoms with E-state index in [4.69, 9.17) is 23.2 Å². The van der Waals surface area contributed by atoms with Gasteiger partial charge in [0, 0.05) is 21.4 Å². The summed E-state index contributed by atoms with van der Waals surface area (Å²) in [5, 5.41) is 11.2. The highest BCUT2D eigenvalue weighted by Crippen LogP contribution is 2.32. The van der Waals surface area contributed by atoms with Gasteiger partial charge in [-0.3, -0.25) is 9.59 Å². The van der Waals surface area contributed by atoms with Crippen molar-refractivity contribution in [3.05, 3.63) is 74.4 Å². The number of halogens is 2. The minimum absolute atomic E-state index is 0.208. The topological polar surface area (TPSA) is 76.9 Å². The Morgan fingerprint density at radius 1 is 1.18 bits per heavy atom. The first-order valence-corrected chi connectivity index (χ1v) is 9.80. The number of anilines is 1.